The summed E-state index contributed by atoms with van der Waals surface area (Å²) in [7, 11) is 2.06. The number of thiazole rings is 1. The van der Waals surface area contributed by atoms with Gasteiger partial charge < -0.3 is 10.1 Å². The molecule has 0 aliphatic carbocycles. The maximum Gasteiger partial charge on any atom is 0.0946 e. The predicted molar refractivity (Wildman–Crippen MR) is 71.7 cm³/mol. The monoisotopic (exact) mass is 254 g/mol. The van der Waals surface area contributed by atoms with Gasteiger partial charge in [0, 0.05) is 30.6 Å². The second-order valence-corrected chi connectivity index (χ2v) is 6.09. The van der Waals surface area contributed by atoms with Crippen molar-refractivity contribution in [2.24, 2.45) is 5.92 Å². The summed E-state index contributed by atoms with van der Waals surface area (Å²) in [5.41, 5.74) is 1.19. The van der Waals surface area contributed by atoms with Gasteiger partial charge >= 0.3 is 0 Å². The van der Waals surface area contributed by atoms with E-state index in [-0.39, 0.29) is 0 Å². The molecule has 0 aromatic carbocycles. The highest BCUT2D eigenvalue weighted by atomic mass is 32.1. The maximum absolute atomic E-state index is 5.43. The van der Waals surface area contributed by atoms with Crippen molar-refractivity contribution in [3.8, 4) is 0 Å². The normalized spacial score (nSPS) is 19.5. The molecule has 1 aromatic rings. The van der Waals surface area contributed by atoms with E-state index in [4.69, 9.17) is 4.74 Å². The molecule has 1 unspecified atom stereocenters. The SMILES string of the molecule is CNC(Cc1nc(C)c(C)s1)C1CCOCC1. The quantitative estimate of drug-likeness (QED) is 0.895. The van der Waals surface area contributed by atoms with Crippen molar-refractivity contribution in [2.75, 3.05) is 20.3 Å². The number of aryl methyl sites for hydroxylation is 2. The molecule has 1 saturated heterocycles. The van der Waals surface area contributed by atoms with Crippen molar-refractivity contribution in [1.82, 2.24) is 10.3 Å². The van der Waals surface area contributed by atoms with E-state index in [2.05, 4.69) is 31.2 Å². The Bertz CT molecular complexity index is 339. The van der Waals surface area contributed by atoms with Crippen molar-refractivity contribution in [2.45, 2.75) is 39.2 Å². The summed E-state index contributed by atoms with van der Waals surface area (Å²) in [4.78, 5) is 5.99. The van der Waals surface area contributed by atoms with E-state index in [1.54, 1.807) is 0 Å². The second kappa shape index (κ2) is 5.94. The first-order valence-electron chi connectivity index (χ1n) is 6.38. The lowest BCUT2D eigenvalue weighted by Gasteiger charge is -2.29. The van der Waals surface area contributed by atoms with Gasteiger partial charge in [0.25, 0.3) is 0 Å². The fourth-order valence-corrected chi connectivity index (χ4v) is 3.43. The molecular weight excluding hydrogens is 232 g/mol. The number of hydrogen-bond donors (Lipinski definition) is 1. The Morgan fingerprint density at radius 3 is 2.65 bits per heavy atom. The van der Waals surface area contributed by atoms with Crippen LogP contribution in [0.15, 0.2) is 0 Å². The largest absolute Gasteiger partial charge is 0.381 e. The van der Waals surface area contributed by atoms with Crippen LogP contribution < -0.4 is 5.32 Å². The van der Waals surface area contributed by atoms with Gasteiger partial charge in [-0.2, -0.15) is 0 Å². The van der Waals surface area contributed by atoms with Crippen LogP contribution in [0.4, 0.5) is 0 Å². The third-order valence-electron chi connectivity index (χ3n) is 3.67. The van der Waals surface area contributed by atoms with Crippen molar-refractivity contribution in [3.05, 3.63) is 15.6 Å². The highest BCUT2D eigenvalue weighted by molar-refractivity contribution is 7.11. The average Bonchev–Trinajstić information content (AvgIpc) is 2.67. The van der Waals surface area contributed by atoms with Gasteiger partial charge in [-0.15, -0.1) is 11.3 Å². The van der Waals surface area contributed by atoms with Crippen LogP contribution in [0.2, 0.25) is 0 Å². The smallest absolute Gasteiger partial charge is 0.0946 e. The highest BCUT2D eigenvalue weighted by Gasteiger charge is 2.24. The molecule has 4 heteroatoms. The maximum atomic E-state index is 5.43. The Labute approximate surface area is 108 Å². The molecule has 1 aromatic heterocycles. The Hall–Kier alpha value is -0.450. The van der Waals surface area contributed by atoms with Gasteiger partial charge in [-0.1, -0.05) is 0 Å². The average molecular weight is 254 g/mol. The molecular formula is C13H22N2OS. The zero-order valence-corrected chi connectivity index (χ0v) is 11.8. The summed E-state index contributed by atoms with van der Waals surface area (Å²) < 4.78 is 5.43. The standard InChI is InChI=1S/C13H22N2OS/c1-9-10(2)17-13(15-9)8-12(14-3)11-4-6-16-7-5-11/h11-12,14H,4-8H2,1-3H3. The Morgan fingerprint density at radius 1 is 1.41 bits per heavy atom. The Morgan fingerprint density at radius 2 is 2.12 bits per heavy atom. The van der Waals surface area contributed by atoms with Gasteiger partial charge in [-0.05, 0) is 39.7 Å². The molecule has 0 radical (unpaired) electrons. The van der Waals surface area contributed by atoms with E-state index in [1.165, 1.54) is 28.4 Å². The van der Waals surface area contributed by atoms with Crippen LogP contribution in [0.25, 0.3) is 0 Å². The molecule has 96 valence electrons. The number of ether oxygens (including phenoxy) is 1. The van der Waals surface area contributed by atoms with Crippen molar-refractivity contribution in [3.63, 3.8) is 0 Å². The van der Waals surface area contributed by atoms with Crippen molar-refractivity contribution in [1.29, 1.82) is 0 Å². The van der Waals surface area contributed by atoms with Gasteiger partial charge in [0.05, 0.1) is 10.7 Å². The van der Waals surface area contributed by atoms with Gasteiger partial charge in [-0.3, -0.25) is 0 Å². The molecule has 17 heavy (non-hydrogen) atoms. The third-order valence-corrected chi connectivity index (χ3v) is 4.77. The number of nitrogens with one attached hydrogen (secondary N) is 1. The van der Waals surface area contributed by atoms with Crippen LogP contribution in [0.1, 0.15) is 28.4 Å². The van der Waals surface area contributed by atoms with Crippen LogP contribution in [0.3, 0.4) is 0 Å². The van der Waals surface area contributed by atoms with Gasteiger partial charge in [0.15, 0.2) is 0 Å². The summed E-state index contributed by atoms with van der Waals surface area (Å²) in [5, 5.41) is 4.73. The number of aromatic nitrogens is 1. The van der Waals surface area contributed by atoms with Crippen LogP contribution in [0, 0.1) is 19.8 Å². The van der Waals surface area contributed by atoms with Gasteiger partial charge in [0.1, 0.15) is 0 Å². The molecule has 1 N–H and O–H groups in total. The summed E-state index contributed by atoms with van der Waals surface area (Å²) in [5.74, 6) is 0.735. The van der Waals surface area contributed by atoms with Crippen molar-refractivity contribution < 1.29 is 4.74 Å². The lowest BCUT2D eigenvalue weighted by Crippen LogP contribution is -2.38. The Kier molecular flexibility index (Phi) is 4.54. The van der Waals surface area contributed by atoms with Crippen LogP contribution in [-0.4, -0.2) is 31.3 Å². The topological polar surface area (TPSA) is 34.2 Å². The number of hydrogen-bond acceptors (Lipinski definition) is 4. The fourth-order valence-electron chi connectivity index (χ4n) is 2.44. The lowest BCUT2D eigenvalue weighted by atomic mass is 9.90. The minimum Gasteiger partial charge on any atom is -0.381 e. The molecule has 1 fully saturated rings. The first kappa shape index (κ1) is 13.0. The first-order chi connectivity index (χ1) is 8.20. The molecule has 2 rings (SSSR count). The molecule has 0 amide bonds. The molecule has 1 aliphatic rings. The van der Waals surface area contributed by atoms with Gasteiger partial charge in [-0.25, -0.2) is 4.98 Å². The molecule has 0 saturated carbocycles. The molecule has 0 bridgehead atoms. The summed E-state index contributed by atoms with van der Waals surface area (Å²) in [6, 6.07) is 0.545. The molecule has 2 heterocycles. The van der Waals surface area contributed by atoms with E-state index in [9.17, 15) is 0 Å². The van der Waals surface area contributed by atoms with E-state index in [1.807, 2.05) is 11.3 Å². The summed E-state index contributed by atoms with van der Waals surface area (Å²) in [6.45, 7) is 6.08. The summed E-state index contributed by atoms with van der Waals surface area (Å²) >= 11 is 1.84. The van der Waals surface area contributed by atoms with E-state index >= 15 is 0 Å². The van der Waals surface area contributed by atoms with E-state index < -0.39 is 0 Å². The molecule has 1 atom stereocenters. The zero-order chi connectivity index (χ0) is 12.3. The number of nitrogens with zero attached hydrogens (tertiary/aromatic N) is 1. The molecule has 0 spiro atoms. The minimum atomic E-state index is 0.545. The highest BCUT2D eigenvalue weighted by Crippen LogP contribution is 2.24. The van der Waals surface area contributed by atoms with Crippen LogP contribution >= 0.6 is 11.3 Å². The fraction of sp³-hybridized carbons (Fsp3) is 0.769. The van der Waals surface area contributed by atoms with Gasteiger partial charge in [0.2, 0.25) is 0 Å². The van der Waals surface area contributed by atoms with Crippen molar-refractivity contribution >= 4 is 11.3 Å². The number of rotatable bonds is 4. The zero-order valence-electron chi connectivity index (χ0n) is 11.0. The minimum absolute atomic E-state index is 0.545. The predicted octanol–water partition coefficient (Wildman–Crippen LogP) is 2.32. The third kappa shape index (κ3) is 3.27. The number of likely N-dealkylation sites (N-methyl/N-ethyl adjacent to an activating group) is 1. The van der Waals surface area contributed by atoms with Crippen LogP contribution in [0.5, 0.6) is 0 Å². The molecule has 3 nitrogen and oxygen atoms in total. The summed E-state index contributed by atoms with van der Waals surface area (Å²) in [6.07, 6.45) is 3.41. The molecule has 1 aliphatic heterocycles. The van der Waals surface area contributed by atoms with E-state index in [0.717, 1.165) is 25.6 Å². The second-order valence-electron chi connectivity index (χ2n) is 4.80. The lowest BCUT2D eigenvalue weighted by molar-refractivity contribution is 0.0547. The Balaban J connectivity index is 1.98. The van der Waals surface area contributed by atoms with Crippen LogP contribution in [-0.2, 0) is 11.2 Å². The first-order valence-corrected chi connectivity index (χ1v) is 7.20. The van der Waals surface area contributed by atoms with E-state index in [0.29, 0.717) is 6.04 Å².